The van der Waals surface area contributed by atoms with Gasteiger partial charge in [-0.25, -0.2) is 9.97 Å². The number of nitrogens with zero attached hydrogens (tertiary/aromatic N) is 3. The third-order valence-corrected chi connectivity index (χ3v) is 5.15. The summed E-state index contributed by atoms with van der Waals surface area (Å²) < 4.78 is 0. The summed E-state index contributed by atoms with van der Waals surface area (Å²) >= 11 is 1.58. The molecular weight excluding hydrogens is 336 g/mol. The maximum atomic E-state index is 12.5. The van der Waals surface area contributed by atoms with Gasteiger partial charge < -0.3 is 20.9 Å². The van der Waals surface area contributed by atoms with Crippen LogP contribution in [0.15, 0.2) is 29.7 Å². The quantitative estimate of drug-likeness (QED) is 0.653. The summed E-state index contributed by atoms with van der Waals surface area (Å²) in [5, 5.41) is 4.04. The van der Waals surface area contributed by atoms with Crippen LogP contribution in [0.25, 0.3) is 11.0 Å². The van der Waals surface area contributed by atoms with Gasteiger partial charge in [0, 0.05) is 30.7 Å². The van der Waals surface area contributed by atoms with E-state index in [-0.39, 0.29) is 11.9 Å². The maximum absolute atomic E-state index is 12.5. The van der Waals surface area contributed by atoms with E-state index in [0.717, 1.165) is 53.3 Å². The van der Waals surface area contributed by atoms with E-state index < -0.39 is 0 Å². The van der Waals surface area contributed by atoms with Crippen molar-refractivity contribution in [3.8, 4) is 0 Å². The van der Waals surface area contributed by atoms with Crippen molar-refractivity contribution in [3.63, 3.8) is 0 Å². The largest absolute Gasteiger partial charge is 0.349 e. The predicted octanol–water partition coefficient (Wildman–Crippen LogP) is 1.99. The van der Waals surface area contributed by atoms with Crippen molar-refractivity contribution < 1.29 is 4.79 Å². The number of nitrogens with two attached hydrogens (primary N) is 1. The molecule has 2 aromatic heterocycles. The molecule has 0 aromatic carbocycles. The van der Waals surface area contributed by atoms with Crippen molar-refractivity contribution in [1.82, 2.24) is 20.3 Å². The van der Waals surface area contributed by atoms with E-state index in [1.54, 1.807) is 18.1 Å². The molecule has 0 radical (unpaired) electrons. The molecule has 4 N–H and O–H groups in total. The van der Waals surface area contributed by atoms with E-state index in [9.17, 15) is 4.79 Å². The summed E-state index contributed by atoms with van der Waals surface area (Å²) in [5.41, 5.74) is 6.32. The second kappa shape index (κ2) is 8.35. The number of aromatic nitrogens is 3. The summed E-state index contributed by atoms with van der Waals surface area (Å²) in [6, 6.07) is 2.10. The van der Waals surface area contributed by atoms with Crippen LogP contribution in [0, 0.1) is 0 Å². The van der Waals surface area contributed by atoms with Gasteiger partial charge in [0.25, 0.3) is 5.91 Å². The number of hydrogen-bond donors (Lipinski definition) is 3. The standard InChI is InChI=1S/C17H24N6OS/c1-12(4-2-3-6-18)22-17(24)14-10-23(8-9-25-14)16-13-5-7-19-15(13)20-11-21-16/h5,7,10-12H,2-4,6,8-9,18H2,1H3,(H,22,24)(H,19,20,21). The number of H-pyrrole nitrogens is 1. The molecule has 3 rings (SSSR count). The van der Waals surface area contributed by atoms with E-state index in [1.165, 1.54) is 0 Å². The number of carbonyl (C=O) groups is 1. The molecule has 0 saturated carbocycles. The molecule has 1 atom stereocenters. The van der Waals surface area contributed by atoms with Gasteiger partial charge in [0.15, 0.2) is 0 Å². The lowest BCUT2D eigenvalue weighted by atomic mass is 10.1. The molecule has 0 saturated heterocycles. The average molecular weight is 360 g/mol. The normalized spacial score (nSPS) is 15.9. The first-order valence-corrected chi connectivity index (χ1v) is 9.58. The Morgan fingerprint density at radius 3 is 3.20 bits per heavy atom. The minimum atomic E-state index is -0.0192. The van der Waals surface area contributed by atoms with Crippen LogP contribution in [-0.2, 0) is 4.79 Å². The van der Waals surface area contributed by atoms with E-state index >= 15 is 0 Å². The van der Waals surface area contributed by atoms with Crippen LogP contribution in [0.4, 0.5) is 5.82 Å². The van der Waals surface area contributed by atoms with Gasteiger partial charge in [0.05, 0.1) is 10.3 Å². The second-order valence-corrected chi connectivity index (χ2v) is 7.27. The first-order chi connectivity index (χ1) is 12.2. The van der Waals surface area contributed by atoms with Crippen molar-refractivity contribution in [1.29, 1.82) is 0 Å². The van der Waals surface area contributed by atoms with Gasteiger partial charge in [-0.3, -0.25) is 4.79 Å². The van der Waals surface area contributed by atoms with E-state index in [4.69, 9.17) is 5.73 Å². The molecule has 1 amide bonds. The lowest BCUT2D eigenvalue weighted by molar-refractivity contribution is -0.117. The van der Waals surface area contributed by atoms with Crippen LogP contribution in [0.2, 0.25) is 0 Å². The average Bonchev–Trinajstić information content (AvgIpc) is 3.10. The van der Waals surface area contributed by atoms with Crippen LogP contribution >= 0.6 is 11.8 Å². The summed E-state index contributed by atoms with van der Waals surface area (Å²) in [4.78, 5) is 27.0. The number of carbonyl (C=O) groups excluding carboxylic acids is 1. The first-order valence-electron chi connectivity index (χ1n) is 8.59. The van der Waals surface area contributed by atoms with Gasteiger partial charge in [-0.15, -0.1) is 11.8 Å². The predicted molar refractivity (Wildman–Crippen MR) is 102 cm³/mol. The highest BCUT2D eigenvalue weighted by Crippen LogP contribution is 2.29. The highest BCUT2D eigenvalue weighted by molar-refractivity contribution is 8.04. The monoisotopic (exact) mass is 360 g/mol. The smallest absolute Gasteiger partial charge is 0.259 e. The molecule has 0 aliphatic carbocycles. The van der Waals surface area contributed by atoms with Crippen molar-refractivity contribution >= 4 is 34.5 Å². The molecular formula is C17H24N6OS. The van der Waals surface area contributed by atoms with Crippen LogP contribution in [-0.4, -0.2) is 45.7 Å². The number of anilines is 1. The number of nitrogens with one attached hydrogen (secondary N) is 2. The van der Waals surface area contributed by atoms with Gasteiger partial charge >= 0.3 is 0 Å². The molecule has 3 heterocycles. The zero-order valence-electron chi connectivity index (χ0n) is 14.4. The molecule has 0 spiro atoms. The summed E-state index contributed by atoms with van der Waals surface area (Å²) in [6.07, 6.45) is 8.25. The van der Waals surface area contributed by atoms with E-state index in [0.29, 0.717) is 6.54 Å². The van der Waals surface area contributed by atoms with Gasteiger partial charge in [-0.05, 0) is 32.4 Å². The molecule has 0 bridgehead atoms. The van der Waals surface area contributed by atoms with Gasteiger partial charge in [-0.1, -0.05) is 6.42 Å². The highest BCUT2D eigenvalue weighted by Gasteiger charge is 2.21. The van der Waals surface area contributed by atoms with E-state index in [1.807, 2.05) is 30.3 Å². The van der Waals surface area contributed by atoms with Crippen molar-refractivity contribution in [2.45, 2.75) is 32.2 Å². The molecule has 8 heteroatoms. The molecule has 7 nitrogen and oxygen atoms in total. The van der Waals surface area contributed by atoms with Gasteiger partial charge in [0.1, 0.15) is 17.8 Å². The molecule has 134 valence electrons. The topological polar surface area (TPSA) is 99.9 Å². The first kappa shape index (κ1) is 17.8. The lowest BCUT2D eigenvalue weighted by Crippen LogP contribution is -2.35. The molecule has 25 heavy (non-hydrogen) atoms. The number of fused-ring (bicyclic) bond motifs is 1. The second-order valence-electron chi connectivity index (χ2n) is 6.13. The van der Waals surface area contributed by atoms with Crippen LogP contribution in [0.1, 0.15) is 26.2 Å². The lowest BCUT2D eigenvalue weighted by Gasteiger charge is -2.26. The van der Waals surface area contributed by atoms with Crippen molar-refractivity contribution in [2.75, 3.05) is 23.7 Å². The molecule has 2 aromatic rings. The number of unbranched alkanes of at least 4 members (excludes halogenated alkanes) is 1. The zero-order chi connectivity index (χ0) is 17.6. The van der Waals surface area contributed by atoms with Crippen LogP contribution < -0.4 is 16.0 Å². The fourth-order valence-corrected chi connectivity index (χ4v) is 3.74. The van der Waals surface area contributed by atoms with E-state index in [2.05, 4.69) is 20.3 Å². The zero-order valence-corrected chi connectivity index (χ0v) is 15.2. The summed E-state index contributed by atoms with van der Waals surface area (Å²) in [6.45, 7) is 3.54. The van der Waals surface area contributed by atoms with Crippen LogP contribution in [0.3, 0.4) is 0 Å². The minimum Gasteiger partial charge on any atom is -0.349 e. The Kier molecular flexibility index (Phi) is 5.93. The maximum Gasteiger partial charge on any atom is 0.259 e. The van der Waals surface area contributed by atoms with Crippen LogP contribution in [0.5, 0.6) is 0 Å². The molecule has 1 unspecified atom stereocenters. The van der Waals surface area contributed by atoms with Gasteiger partial charge in [-0.2, -0.15) is 0 Å². The third kappa shape index (κ3) is 4.32. The Hall–Kier alpha value is -2.06. The highest BCUT2D eigenvalue weighted by atomic mass is 32.2. The van der Waals surface area contributed by atoms with Crippen molar-refractivity contribution in [2.24, 2.45) is 5.73 Å². The Morgan fingerprint density at radius 2 is 2.36 bits per heavy atom. The fourth-order valence-electron chi connectivity index (χ4n) is 2.84. The fraction of sp³-hybridized carbons (Fsp3) is 0.471. The number of amides is 1. The Labute approximate surface area is 151 Å². The minimum absolute atomic E-state index is 0.0192. The summed E-state index contributed by atoms with van der Waals surface area (Å²) in [5.74, 6) is 1.65. The number of hydrogen-bond acceptors (Lipinski definition) is 6. The number of aromatic amines is 1. The third-order valence-electron chi connectivity index (χ3n) is 4.16. The van der Waals surface area contributed by atoms with Crippen molar-refractivity contribution in [3.05, 3.63) is 29.7 Å². The Morgan fingerprint density at radius 1 is 1.48 bits per heavy atom. The molecule has 1 aliphatic rings. The van der Waals surface area contributed by atoms with Gasteiger partial charge in [0.2, 0.25) is 0 Å². The Balaban J connectivity index is 1.70. The molecule has 1 aliphatic heterocycles. The summed E-state index contributed by atoms with van der Waals surface area (Å²) in [7, 11) is 0. The SMILES string of the molecule is CC(CCCCN)NC(=O)C1=CN(c2ncnc3[nH]ccc23)CCS1. The number of thioether (sulfide) groups is 1. The molecule has 0 fully saturated rings. The Bertz CT molecular complexity index is 758. The number of rotatable bonds is 7.